The van der Waals surface area contributed by atoms with Gasteiger partial charge in [-0.3, -0.25) is 4.79 Å². The van der Waals surface area contributed by atoms with Gasteiger partial charge in [0.25, 0.3) is 0 Å². The van der Waals surface area contributed by atoms with Gasteiger partial charge in [-0.2, -0.15) is 0 Å². The fraction of sp³-hybridized carbons (Fsp3) is 0.900. The predicted octanol–water partition coefficient (Wildman–Crippen LogP) is 1.08. The topological polar surface area (TPSA) is 38.3 Å². The van der Waals surface area contributed by atoms with Gasteiger partial charge in [0.1, 0.15) is 6.04 Å². The zero-order valence-electron chi connectivity index (χ0n) is 7.92. The number of hydrogen-bond donors (Lipinski definition) is 1. The second-order valence-corrected chi connectivity index (χ2v) is 4.08. The van der Waals surface area contributed by atoms with Crippen LogP contribution in [0.25, 0.3) is 0 Å². The summed E-state index contributed by atoms with van der Waals surface area (Å²) in [6, 6.07) is -0.0208. The Kier molecular flexibility index (Phi) is 2.83. The van der Waals surface area contributed by atoms with Gasteiger partial charge in [0, 0.05) is 0 Å². The first-order chi connectivity index (χ1) is 6.36. The van der Waals surface area contributed by atoms with Crippen molar-refractivity contribution in [3.8, 4) is 0 Å². The van der Waals surface area contributed by atoms with E-state index >= 15 is 0 Å². The van der Waals surface area contributed by atoms with E-state index in [1.165, 1.54) is 19.3 Å². The molecule has 0 aromatic rings. The summed E-state index contributed by atoms with van der Waals surface area (Å²) >= 11 is 0. The van der Waals surface area contributed by atoms with Crippen molar-refractivity contribution in [2.45, 2.75) is 38.1 Å². The highest BCUT2D eigenvalue weighted by Gasteiger charge is 2.26. The number of carbonyl (C=O) groups is 1. The molecule has 2 aliphatic rings. The molecule has 1 heterocycles. The molecule has 0 unspecified atom stereocenters. The fourth-order valence-corrected chi connectivity index (χ4v) is 1.64. The Bertz CT molecular complexity index is 183. The first-order valence-corrected chi connectivity index (χ1v) is 5.26. The van der Waals surface area contributed by atoms with E-state index in [0.717, 1.165) is 19.4 Å². The number of nitrogens with one attached hydrogen (secondary N) is 1. The summed E-state index contributed by atoms with van der Waals surface area (Å²) in [5, 5.41) is 3.19. The molecule has 1 N–H and O–H groups in total. The lowest BCUT2D eigenvalue weighted by Crippen LogP contribution is -2.41. The van der Waals surface area contributed by atoms with Gasteiger partial charge in [0.15, 0.2) is 0 Å². The Labute approximate surface area is 78.8 Å². The molecule has 0 amide bonds. The van der Waals surface area contributed by atoms with E-state index in [2.05, 4.69) is 5.32 Å². The van der Waals surface area contributed by atoms with Crippen LogP contribution in [-0.4, -0.2) is 25.2 Å². The Morgan fingerprint density at radius 3 is 2.77 bits per heavy atom. The standard InChI is InChI=1S/C10H17NO2/c12-10(13-7-8-4-5-8)9-3-1-2-6-11-9/h8-9,11H,1-7H2/t9-/m0/s1. The average molecular weight is 183 g/mol. The van der Waals surface area contributed by atoms with Crippen LogP contribution in [0.5, 0.6) is 0 Å². The van der Waals surface area contributed by atoms with Crippen molar-refractivity contribution in [1.82, 2.24) is 5.32 Å². The van der Waals surface area contributed by atoms with Crippen LogP contribution in [0.4, 0.5) is 0 Å². The maximum atomic E-state index is 11.4. The highest BCUT2D eigenvalue weighted by Crippen LogP contribution is 2.29. The molecule has 0 radical (unpaired) electrons. The summed E-state index contributed by atoms with van der Waals surface area (Å²) in [4.78, 5) is 11.4. The van der Waals surface area contributed by atoms with Crippen LogP contribution in [0, 0.1) is 5.92 Å². The highest BCUT2D eigenvalue weighted by atomic mass is 16.5. The monoisotopic (exact) mass is 183 g/mol. The molecule has 1 saturated carbocycles. The third-order valence-corrected chi connectivity index (χ3v) is 2.75. The first-order valence-electron chi connectivity index (χ1n) is 5.26. The number of esters is 1. The lowest BCUT2D eigenvalue weighted by Gasteiger charge is -2.21. The second kappa shape index (κ2) is 4.09. The molecule has 1 aliphatic carbocycles. The summed E-state index contributed by atoms with van der Waals surface area (Å²) in [5.41, 5.74) is 0. The van der Waals surface area contributed by atoms with Crippen molar-refractivity contribution in [3.63, 3.8) is 0 Å². The molecular formula is C10H17NO2. The van der Waals surface area contributed by atoms with Crippen LogP contribution < -0.4 is 5.32 Å². The van der Waals surface area contributed by atoms with Crippen molar-refractivity contribution in [1.29, 1.82) is 0 Å². The minimum absolute atomic E-state index is 0.0208. The first kappa shape index (κ1) is 9.00. The minimum atomic E-state index is -0.0356. The lowest BCUT2D eigenvalue weighted by molar-refractivity contribution is -0.147. The van der Waals surface area contributed by atoms with Crippen LogP contribution in [-0.2, 0) is 9.53 Å². The minimum Gasteiger partial charge on any atom is -0.464 e. The largest absolute Gasteiger partial charge is 0.464 e. The number of rotatable bonds is 3. The van der Waals surface area contributed by atoms with Gasteiger partial charge in [-0.15, -0.1) is 0 Å². The Morgan fingerprint density at radius 2 is 2.15 bits per heavy atom. The van der Waals surface area contributed by atoms with E-state index in [9.17, 15) is 4.79 Å². The van der Waals surface area contributed by atoms with Gasteiger partial charge in [-0.05, 0) is 38.1 Å². The molecular weight excluding hydrogens is 166 g/mol. The van der Waals surface area contributed by atoms with E-state index in [1.807, 2.05) is 0 Å². The van der Waals surface area contributed by atoms with Crippen LogP contribution in [0.2, 0.25) is 0 Å². The van der Waals surface area contributed by atoms with Crippen LogP contribution in [0.1, 0.15) is 32.1 Å². The molecule has 2 fully saturated rings. The quantitative estimate of drug-likeness (QED) is 0.665. The Balaban J connectivity index is 1.67. The van der Waals surface area contributed by atoms with E-state index in [0.29, 0.717) is 12.5 Å². The molecule has 0 aromatic carbocycles. The van der Waals surface area contributed by atoms with Crippen molar-refractivity contribution in [2.75, 3.05) is 13.2 Å². The molecule has 2 rings (SSSR count). The smallest absolute Gasteiger partial charge is 0.323 e. The van der Waals surface area contributed by atoms with Gasteiger partial charge >= 0.3 is 5.97 Å². The van der Waals surface area contributed by atoms with Gasteiger partial charge in [0.05, 0.1) is 6.61 Å². The SMILES string of the molecule is O=C(OCC1CC1)[C@@H]1CCCCN1. The summed E-state index contributed by atoms with van der Waals surface area (Å²) in [5.74, 6) is 0.638. The number of hydrogen-bond acceptors (Lipinski definition) is 3. The summed E-state index contributed by atoms with van der Waals surface area (Å²) in [6.07, 6.45) is 5.77. The van der Waals surface area contributed by atoms with E-state index < -0.39 is 0 Å². The van der Waals surface area contributed by atoms with Crippen LogP contribution in [0.15, 0.2) is 0 Å². The molecule has 1 saturated heterocycles. The second-order valence-electron chi connectivity index (χ2n) is 4.08. The number of ether oxygens (including phenoxy) is 1. The third kappa shape index (κ3) is 2.69. The van der Waals surface area contributed by atoms with E-state index in [4.69, 9.17) is 4.74 Å². The highest BCUT2D eigenvalue weighted by molar-refractivity contribution is 5.75. The van der Waals surface area contributed by atoms with Gasteiger partial charge in [0.2, 0.25) is 0 Å². The van der Waals surface area contributed by atoms with Crippen molar-refractivity contribution in [3.05, 3.63) is 0 Å². The van der Waals surface area contributed by atoms with Crippen molar-refractivity contribution < 1.29 is 9.53 Å². The zero-order chi connectivity index (χ0) is 9.10. The molecule has 1 atom stereocenters. The van der Waals surface area contributed by atoms with Crippen LogP contribution in [0.3, 0.4) is 0 Å². The molecule has 3 heteroatoms. The fourth-order valence-electron chi connectivity index (χ4n) is 1.64. The molecule has 13 heavy (non-hydrogen) atoms. The van der Waals surface area contributed by atoms with Gasteiger partial charge in [-0.25, -0.2) is 0 Å². The maximum Gasteiger partial charge on any atom is 0.323 e. The molecule has 0 spiro atoms. The van der Waals surface area contributed by atoms with E-state index in [-0.39, 0.29) is 12.0 Å². The summed E-state index contributed by atoms with van der Waals surface area (Å²) in [7, 11) is 0. The maximum absolute atomic E-state index is 11.4. The Morgan fingerprint density at radius 1 is 1.31 bits per heavy atom. The third-order valence-electron chi connectivity index (χ3n) is 2.75. The van der Waals surface area contributed by atoms with Crippen molar-refractivity contribution in [2.24, 2.45) is 5.92 Å². The molecule has 0 bridgehead atoms. The predicted molar refractivity (Wildman–Crippen MR) is 49.3 cm³/mol. The normalized spacial score (nSPS) is 28.5. The molecule has 74 valence electrons. The lowest BCUT2D eigenvalue weighted by atomic mass is 10.1. The van der Waals surface area contributed by atoms with Gasteiger partial charge in [-0.1, -0.05) is 6.42 Å². The number of piperidine rings is 1. The van der Waals surface area contributed by atoms with Gasteiger partial charge < -0.3 is 10.1 Å². The summed E-state index contributed by atoms with van der Waals surface area (Å²) in [6.45, 7) is 1.61. The molecule has 3 nitrogen and oxygen atoms in total. The molecule has 1 aliphatic heterocycles. The van der Waals surface area contributed by atoms with Crippen LogP contribution >= 0.6 is 0 Å². The van der Waals surface area contributed by atoms with Crippen molar-refractivity contribution >= 4 is 5.97 Å². The molecule has 0 aromatic heterocycles. The zero-order valence-corrected chi connectivity index (χ0v) is 7.92. The Hall–Kier alpha value is -0.570. The number of carbonyl (C=O) groups excluding carboxylic acids is 1. The summed E-state index contributed by atoms with van der Waals surface area (Å²) < 4.78 is 5.20. The average Bonchev–Trinajstić information content (AvgIpc) is 2.99. The van der Waals surface area contributed by atoms with E-state index in [1.54, 1.807) is 0 Å².